The van der Waals surface area contributed by atoms with Gasteiger partial charge >= 0.3 is 0 Å². The summed E-state index contributed by atoms with van der Waals surface area (Å²) in [6, 6.07) is 7.25. The van der Waals surface area contributed by atoms with E-state index in [0.717, 1.165) is 44.3 Å². The molecule has 2 saturated carbocycles. The average molecular weight is 303 g/mol. The summed E-state index contributed by atoms with van der Waals surface area (Å²) in [4.78, 5) is 12.4. The van der Waals surface area contributed by atoms with Crippen LogP contribution in [0.4, 0.5) is 0 Å². The maximum Gasteiger partial charge on any atom is 0.251 e. The van der Waals surface area contributed by atoms with Gasteiger partial charge < -0.3 is 15.2 Å². The third-order valence-electron chi connectivity index (χ3n) is 4.75. The lowest BCUT2D eigenvalue weighted by Gasteiger charge is -2.28. The molecular weight excluding hydrogens is 278 g/mol. The van der Waals surface area contributed by atoms with Crippen molar-refractivity contribution in [1.29, 1.82) is 0 Å². The molecule has 2 aliphatic carbocycles. The van der Waals surface area contributed by atoms with Crippen molar-refractivity contribution in [3.63, 3.8) is 0 Å². The van der Waals surface area contributed by atoms with Gasteiger partial charge in [-0.15, -0.1) is 0 Å². The molecule has 22 heavy (non-hydrogen) atoms. The van der Waals surface area contributed by atoms with Crippen molar-refractivity contribution in [3.05, 3.63) is 29.8 Å². The van der Waals surface area contributed by atoms with Gasteiger partial charge in [0.1, 0.15) is 5.75 Å². The number of aliphatic hydroxyl groups is 1. The molecule has 4 heteroatoms. The Balaban J connectivity index is 1.61. The van der Waals surface area contributed by atoms with E-state index in [2.05, 4.69) is 5.32 Å². The molecule has 0 spiro atoms. The number of rotatable bonds is 4. The molecule has 2 unspecified atom stereocenters. The van der Waals surface area contributed by atoms with Gasteiger partial charge in [0.05, 0.1) is 18.2 Å². The second kappa shape index (κ2) is 7.14. The Bertz CT molecular complexity index is 511. The lowest BCUT2D eigenvalue weighted by Crippen LogP contribution is -2.45. The Morgan fingerprint density at radius 3 is 2.59 bits per heavy atom. The van der Waals surface area contributed by atoms with Crippen LogP contribution in [0.1, 0.15) is 61.7 Å². The molecule has 120 valence electrons. The molecule has 1 amide bonds. The molecule has 0 saturated heterocycles. The van der Waals surface area contributed by atoms with Gasteiger partial charge in [0.25, 0.3) is 5.91 Å². The number of hydrogen-bond donors (Lipinski definition) is 2. The van der Waals surface area contributed by atoms with Gasteiger partial charge in [-0.2, -0.15) is 0 Å². The van der Waals surface area contributed by atoms with E-state index in [9.17, 15) is 9.90 Å². The Kier molecular flexibility index (Phi) is 4.98. The molecule has 0 heterocycles. The lowest BCUT2D eigenvalue weighted by atomic mass is 9.92. The molecule has 2 atom stereocenters. The highest BCUT2D eigenvalue weighted by molar-refractivity contribution is 5.94. The van der Waals surface area contributed by atoms with Crippen LogP contribution >= 0.6 is 0 Å². The number of benzene rings is 1. The molecular formula is C18H25NO3. The Morgan fingerprint density at radius 1 is 1.09 bits per heavy atom. The molecule has 0 radical (unpaired) electrons. The molecule has 2 aliphatic rings. The van der Waals surface area contributed by atoms with Crippen LogP contribution in [-0.4, -0.2) is 29.3 Å². The molecule has 0 bridgehead atoms. The zero-order valence-corrected chi connectivity index (χ0v) is 13.0. The Morgan fingerprint density at radius 2 is 1.82 bits per heavy atom. The molecule has 3 rings (SSSR count). The molecule has 0 aromatic heterocycles. The van der Waals surface area contributed by atoms with E-state index in [4.69, 9.17) is 4.74 Å². The molecule has 1 aromatic rings. The summed E-state index contributed by atoms with van der Waals surface area (Å²) in [6.07, 6.45) is 8.25. The number of carbonyl (C=O) groups is 1. The Hall–Kier alpha value is -1.55. The minimum Gasteiger partial charge on any atom is -0.490 e. The van der Waals surface area contributed by atoms with Gasteiger partial charge in [0.2, 0.25) is 0 Å². The zero-order valence-electron chi connectivity index (χ0n) is 13.0. The molecule has 2 N–H and O–H groups in total. The standard InChI is InChI=1S/C18H25NO3/c20-17-11-4-3-10-16(17)19-18(21)13-6-5-9-15(12-13)22-14-7-1-2-8-14/h5-6,9,12,14,16-17,20H,1-4,7-8,10-11H2,(H,19,21). The Labute approximate surface area is 131 Å². The van der Waals surface area contributed by atoms with Crippen molar-refractivity contribution in [1.82, 2.24) is 5.32 Å². The van der Waals surface area contributed by atoms with Gasteiger partial charge in [-0.25, -0.2) is 0 Å². The first kappa shape index (κ1) is 15.3. The van der Waals surface area contributed by atoms with Gasteiger partial charge in [-0.3, -0.25) is 4.79 Å². The number of hydrogen-bond acceptors (Lipinski definition) is 3. The van der Waals surface area contributed by atoms with Gasteiger partial charge in [-0.1, -0.05) is 18.9 Å². The van der Waals surface area contributed by atoms with E-state index in [1.165, 1.54) is 12.8 Å². The summed E-state index contributed by atoms with van der Waals surface area (Å²) in [5.41, 5.74) is 0.605. The maximum atomic E-state index is 12.4. The van der Waals surface area contributed by atoms with Crippen LogP contribution in [0.3, 0.4) is 0 Å². The highest BCUT2D eigenvalue weighted by atomic mass is 16.5. The van der Waals surface area contributed by atoms with Gasteiger partial charge in [0.15, 0.2) is 0 Å². The predicted octanol–water partition coefficient (Wildman–Crippen LogP) is 3.04. The molecule has 2 fully saturated rings. The van der Waals surface area contributed by atoms with E-state index in [1.807, 2.05) is 18.2 Å². The van der Waals surface area contributed by atoms with E-state index in [1.54, 1.807) is 6.07 Å². The van der Waals surface area contributed by atoms with Crippen LogP contribution in [0, 0.1) is 0 Å². The minimum atomic E-state index is -0.421. The topological polar surface area (TPSA) is 58.6 Å². The van der Waals surface area contributed by atoms with Crippen LogP contribution in [0.15, 0.2) is 24.3 Å². The maximum absolute atomic E-state index is 12.4. The fourth-order valence-corrected chi connectivity index (χ4v) is 3.44. The van der Waals surface area contributed by atoms with Crippen LogP contribution in [-0.2, 0) is 0 Å². The number of carbonyl (C=O) groups excluding carboxylic acids is 1. The van der Waals surface area contributed by atoms with Crippen LogP contribution in [0.5, 0.6) is 5.75 Å². The monoisotopic (exact) mass is 303 g/mol. The number of ether oxygens (including phenoxy) is 1. The number of nitrogens with one attached hydrogen (secondary N) is 1. The third kappa shape index (κ3) is 3.80. The van der Waals surface area contributed by atoms with Crippen LogP contribution < -0.4 is 10.1 Å². The largest absolute Gasteiger partial charge is 0.490 e. The van der Waals surface area contributed by atoms with Crippen molar-refractivity contribution in [3.8, 4) is 5.75 Å². The van der Waals surface area contributed by atoms with E-state index >= 15 is 0 Å². The van der Waals surface area contributed by atoms with E-state index < -0.39 is 6.10 Å². The lowest BCUT2D eigenvalue weighted by molar-refractivity contribution is 0.0717. The molecule has 0 aliphatic heterocycles. The average Bonchev–Trinajstić information content (AvgIpc) is 3.03. The van der Waals surface area contributed by atoms with Crippen molar-refractivity contribution in [2.75, 3.05) is 0 Å². The second-order valence-corrected chi connectivity index (χ2v) is 6.48. The summed E-state index contributed by atoms with van der Waals surface area (Å²) >= 11 is 0. The summed E-state index contributed by atoms with van der Waals surface area (Å²) in [5.74, 6) is 0.645. The SMILES string of the molecule is O=C(NC1CCCCC1O)c1cccc(OC2CCCC2)c1. The second-order valence-electron chi connectivity index (χ2n) is 6.48. The highest BCUT2D eigenvalue weighted by Gasteiger charge is 2.25. The summed E-state index contributed by atoms with van der Waals surface area (Å²) < 4.78 is 5.95. The molecule has 1 aromatic carbocycles. The normalized spacial score (nSPS) is 25.9. The number of aliphatic hydroxyl groups excluding tert-OH is 1. The van der Waals surface area contributed by atoms with Crippen molar-refractivity contribution in [2.24, 2.45) is 0 Å². The zero-order chi connectivity index (χ0) is 15.4. The van der Waals surface area contributed by atoms with Crippen LogP contribution in [0.25, 0.3) is 0 Å². The van der Waals surface area contributed by atoms with Gasteiger partial charge in [-0.05, 0) is 56.7 Å². The van der Waals surface area contributed by atoms with Gasteiger partial charge in [0, 0.05) is 5.56 Å². The fraction of sp³-hybridized carbons (Fsp3) is 0.611. The first-order valence-electron chi connectivity index (χ1n) is 8.48. The van der Waals surface area contributed by atoms with E-state index in [0.29, 0.717) is 11.7 Å². The van der Waals surface area contributed by atoms with Crippen molar-refractivity contribution in [2.45, 2.75) is 69.6 Å². The van der Waals surface area contributed by atoms with Crippen LogP contribution in [0.2, 0.25) is 0 Å². The van der Waals surface area contributed by atoms with E-state index in [-0.39, 0.29) is 11.9 Å². The first-order chi connectivity index (χ1) is 10.7. The predicted molar refractivity (Wildman–Crippen MR) is 85.1 cm³/mol. The first-order valence-corrected chi connectivity index (χ1v) is 8.48. The quantitative estimate of drug-likeness (QED) is 0.899. The molecule has 4 nitrogen and oxygen atoms in total. The highest BCUT2D eigenvalue weighted by Crippen LogP contribution is 2.25. The minimum absolute atomic E-state index is 0.122. The van der Waals surface area contributed by atoms with Crippen molar-refractivity contribution >= 4 is 5.91 Å². The smallest absolute Gasteiger partial charge is 0.251 e. The summed E-state index contributed by atoms with van der Waals surface area (Å²) in [5, 5.41) is 12.9. The third-order valence-corrected chi connectivity index (χ3v) is 4.75. The summed E-state index contributed by atoms with van der Waals surface area (Å²) in [6.45, 7) is 0. The number of amides is 1. The van der Waals surface area contributed by atoms with Crippen molar-refractivity contribution < 1.29 is 14.6 Å². The summed E-state index contributed by atoms with van der Waals surface area (Å²) in [7, 11) is 0. The fourth-order valence-electron chi connectivity index (χ4n) is 3.44.